The summed E-state index contributed by atoms with van der Waals surface area (Å²) in [4.78, 5) is 17.5. The molecule has 0 unspecified atom stereocenters. The van der Waals surface area contributed by atoms with Crippen molar-refractivity contribution in [2.45, 2.75) is 20.5 Å². The van der Waals surface area contributed by atoms with Crippen LogP contribution in [0.25, 0.3) is 0 Å². The van der Waals surface area contributed by atoms with Gasteiger partial charge in [0.1, 0.15) is 18.1 Å². The molecular weight excluding hydrogens is 383 g/mol. The number of carbonyl (C=O) groups is 1. The number of benzene rings is 1. The van der Waals surface area contributed by atoms with Crippen LogP contribution >= 0.6 is 34.5 Å². The maximum Gasteiger partial charge on any atom is 0.293 e. The summed E-state index contributed by atoms with van der Waals surface area (Å²) < 4.78 is 11.1. The summed E-state index contributed by atoms with van der Waals surface area (Å²) in [6, 6.07) is 8.22. The van der Waals surface area contributed by atoms with Crippen LogP contribution in [0.5, 0.6) is 5.75 Å². The minimum Gasteiger partial charge on any atom is -0.484 e. The van der Waals surface area contributed by atoms with Gasteiger partial charge in [-0.25, -0.2) is 4.98 Å². The van der Waals surface area contributed by atoms with Crippen molar-refractivity contribution in [3.8, 4) is 5.75 Å². The Morgan fingerprint density at radius 3 is 2.76 bits per heavy atom. The zero-order valence-corrected chi connectivity index (χ0v) is 15.8. The van der Waals surface area contributed by atoms with Crippen molar-refractivity contribution in [2.24, 2.45) is 0 Å². The van der Waals surface area contributed by atoms with Crippen LogP contribution in [0.4, 0.5) is 5.13 Å². The van der Waals surface area contributed by atoms with Crippen LogP contribution in [-0.4, -0.2) is 10.9 Å². The molecule has 0 atom stereocenters. The molecule has 1 aromatic carbocycles. The van der Waals surface area contributed by atoms with Crippen LogP contribution in [0.3, 0.4) is 0 Å². The molecule has 25 heavy (non-hydrogen) atoms. The SMILES string of the molecule is Cc1nc(NC(=O)c2ccc(COc3ccc(Cl)cc3Cl)o2)sc1C. The van der Waals surface area contributed by atoms with Gasteiger partial charge in [-0.1, -0.05) is 23.2 Å². The van der Waals surface area contributed by atoms with Gasteiger partial charge in [0, 0.05) is 9.90 Å². The van der Waals surface area contributed by atoms with Crippen LogP contribution < -0.4 is 10.1 Å². The molecule has 0 fully saturated rings. The molecular formula is C17H14Cl2N2O3S. The first-order valence-corrected chi connectivity index (χ1v) is 8.91. The second-order valence-corrected chi connectivity index (χ2v) is 7.29. The maximum atomic E-state index is 12.2. The molecule has 130 valence electrons. The van der Waals surface area contributed by atoms with Crippen molar-refractivity contribution in [3.63, 3.8) is 0 Å². The van der Waals surface area contributed by atoms with E-state index in [1.165, 1.54) is 11.3 Å². The summed E-state index contributed by atoms with van der Waals surface area (Å²) in [7, 11) is 0. The monoisotopic (exact) mass is 396 g/mol. The van der Waals surface area contributed by atoms with Gasteiger partial charge in [-0.05, 0) is 44.2 Å². The van der Waals surface area contributed by atoms with Crippen LogP contribution in [0.2, 0.25) is 10.0 Å². The largest absolute Gasteiger partial charge is 0.484 e. The average molecular weight is 397 g/mol. The number of aryl methyl sites for hydroxylation is 2. The Morgan fingerprint density at radius 2 is 2.08 bits per heavy atom. The molecule has 0 aliphatic heterocycles. The molecule has 3 aromatic rings. The molecule has 2 aromatic heterocycles. The van der Waals surface area contributed by atoms with Crippen molar-refractivity contribution in [2.75, 3.05) is 5.32 Å². The van der Waals surface area contributed by atoms with E-state index in [2.05, 4.69) is 10.3 Å². The molecule has 0 spiro atoms. The molecule has 1 N–H and O–H groups in total. The van der Waals surface area contributed by atoms with E-state index in [1.54, 1.807) is 30.3 Å². The van der Waals surface area contributed by atoms with E-state index in [0.717, 1.165) is 10.6 Å². The lowest BCUT2D eigenvalue weighted by Gasteiger charge is -2.06. The Bertz CT molecular complexity index is 901. The van der Waals surface area contributed by atoms with Crippen LogP contribution in [0.1, 0.15) is 26.9 Å². The van der Waals surface area contributed by atoms with Crippen molar-refractivity contribution < 1.29 is 13.9 Å². The molecule has 0 bridgehead atoms. The summed E-state index contributed by atoms with van der Waals surface area (Å²) in [5.41, 5.74) is 0.897. The number of thiazole rings is 1. The molecule has 0 aliphatic carbocycles. The van der Waals surface area contributed by atoms with Gasteiger partial charge in [0.15, 0.2) is 10.9 Å². The molecule has 0 aliphatic rings. The third kappa shape index (κ3) is 4.34. The molecule has 0 radical (unpaired) electrons. The average Bonchev–Trinajstić information content (AvgIpc) is 3.14. The second-order valence-electron chi connectivity index (χ2n) is 5.24. The summed E-state index contributed by atoms with van der Waals surface area (Å²) >= 11 is 13.3. The van der Waals surface area contributed by atoms with Crippen LogP contribution in [0, 0.1) is 13.8 Å². The molecule has 2 heterocycles. The fourth-order valence-electron chi connectivity index (χ4n) is 2.00. The summed E-state index contributed by atoms with van der Waals surface area (Å²) in [6.07, 6.45) is 0. The molecule has 5 nitrogen and oxygen atoms in total. The lowest BCUT2D eigenvalue weighted by molar-refractivity contribution is 0.0992. The smallest absolute Gasteiger partial charge is 0.293 e. The van der Waals surface area contributed by atoms with E-state index < -0.39 is 0 Å². The van der Waals surface area contributed by atoms with Crippen molar-refractivity contribution in [1.82, 2.24) is 4.98 Å². The molecule has 0 saturated carbocycles. The van der Waals surface area contributed by atoms with Gasteiger partial charge in [0.25, 0.3) is 5.91 Å². The molecule has 0 saturated heterocycles. The minimum atomic E-state index is -0.357. The number of nitrogens with one attached hydrogen (secondary N) is 1. The van der Waals surface area contributed by atoms with E-state index in [-0.39, 0.29) is 18.3 Å². The Labute approximate surface area is 158 Å². The second kappa shape index (κ2) is 7.47. The highest BCUT2D eigenvalue weighted by Crippen LogP contribution is 2.28. The fraction of sp³-hybridized carbons (Fsp3) is 0.176. The van der Waals surface area contributed by atoms with Crippen molar-refractivity contribution in [1.29, 1.82) is 0 Å². The van der Waals surface area contributed by atoms with Crippen molar-refractivity contribution in [3.05, 3.63) is 62.5 Å². The third-order valence-electron chi connectivity index (χ3n) is 3.40. The van der Waals surface area contributed by atoms with Gasteiger partial charge in [-0.3, -0.25) is 10.1 Å². The van der Waals surface area contributed by atoms with Gasteiger partial charge in [0.05, 0.1) is 10.7 Å². The van der Waals surface area contributed by atoms with Gasteiger partial charge in [-0.15, -0.1) is 11.3 Å². The van der Waals surface area contributed by atoms with Gasteiger partial charge in [0.2, 0.25) is 0 Å². The van der Waals surface area contributed by atoms with Crippen LogP contribution in [-0.2, 0) is 6.61 Å². The van der Waals surface area contributed by atoms with Gasteiger partial charge >= 0.3 is 0 Å². The van der Waals surface area contributed by atoms with Crippen LogP contribution in [0.15, 0.2) is 34.7 Å². The first-order chi connectivity index (χ1) is 11.9. The molecule has 8 heteroatoms. The number of anilines is 1. The summed E-state index contributed by atoms with van der Waals surface area (Å²) in [6.45, 7) is 3.99. The van der Waals surface area contributed by atoms with E-state index in [0.29, 0.717) is 26.7 Å². The standard InChI is InChI=1S/C17H14Cl2N2O3S/c1-9-10(2)25-17(20-9)21-16(22)15-6-4-12(24-15)8-23-14-5-3-11(18)7-13(14)19/h3-7H,8H2,1-2H3,(H,20,21,22). The van der Waals surface area contributed by atoms with E-state index in [4.69, 9.17) is 32.4 Å². The Kier molecular flexibility index (Phi) is 5.32. The number of hydrogen-bond acceptors (Lipinski definition) is 5. The molecule has 1 amide bonds. The third-order valence-corrected chi connectivity index (χ3v) is 4.92. The Hall–Kier alpha value is -2.02. The van der Waals surface area contributed by atoms with Crippen molar-refractivity contribution >= 4 is 45.6 Å². The number of aromatic nitrogens is 1. The zero-order chi connectivity index (χ0) is 18.0. The Balaban J connectivity index is 1.62. The predicted molar refractivity (Wildman–Crippen MR) is 99.0 cm³/mol. The number of ether oxygens (including phenoxy) is 1. The minimum absolute atomic E-state index is 0.143. The first-order valence-electron chi connectivity index (χ1n) is 7.34. The number of hydrogen-bond donors (Lipinski definition) is 1. The highest BCUT2D eigenvalue weighted by molar-refractivity contribution is 7.15. The van der Waals surface area contributed by atoms with E-state index in [9.17, 15) is 4.79 Å². The highest BCUT2D eigenvalue weighted by atomic mass is 35.5. The first kappa shape index (κ1) is 17.8. The predicted octanol–water partition coefficient (Wildman–Crippen LogP) is 5.49. The lowest BCUT2D eigenvalue weighted by atomic mass is 10.3. The number of rotatable bonds is 5. The number of carbonyl (C=O) groups excluding carboxylic acids is 1. The lowest BCUT2D eigenvalue weighted by Crippen LogP contribution is -2.10. The zero-order valence-electron chi connectivity index (χ0n) is 13.4. The quantitative estimate of drug-likeness (QED) is 0.618. The van der Waals surface area contributed by atoms with E-state index in [1.807, 2.05) is 13.8 Å². The normalized spacial score (nSPS) is 10.7. The molecule has 3 rings (SSSR count). The van der Waals surface area contributed by atoms with Gasteiger partial charge < -0.3 is 9.15 Å². The Morgan fingerprint density at radius 1 is 1.28 bits per heavy atom. The summed E-state index contributed by atoms with van der Waals surface area (Å²) in [5.74, 6) is 0.820. The van der Waals surface area contributed by atoms with E-state index >= 15 is 0 Å². The van der Waals surface area contributed by atoms with Gasteiger partial charge in [-0.2, -0.15) is 0 Å². The summed E-state index contributed by atoms with van der Waals surface area (Å²) in [5, 5.41) is 4.20. The maximum absolute atomic E-state index is 12.2. The fourth-order valence-corrected chi connectivity index (χ4v) is 3.28. The number of halogens is 2. The number of amides is 1. The number of furan rings is 1. The number of nitrogens with zero attached hydrogens (tertiary/aromatic N) is 1. The topological polar surface area (TPSA) is 64.4 Å². The highest BCUT2D eigenvalue weighted by Gasteiger charge is 2.14.